The van der Waals surface area contributed by atoms with Crippen molar-refractivity contribution in [2.24, 2.45) is 4.99 Å². The summed E-state index contributed by atoms with van der Waals surface area (Å²) in [5.41, 5.74) is 6.04. The molecule has 3 nitrogen and oxygen atoms in total. The average Bonchev–Trinajstić information content (AvgIpc) is 2.92. The van der Waals surface area contributed by atoms with Gasteiger partial charge in [0.25, 0.3) is 0 Å². The van der Waals surface area contributed by atoms with Gasteiger partial charge in [-0.15, -0.1) is 0 Å². The summed E-state index contributed by atoms with van der Waals surface area (Å²) >= 11 is 0. The molecule has 0 aromatic heterocycles. The van der Waals surface area contributed by atoms with Gasteiger partial charge in [-0.05, 0) is 69.0 Å². The number of anilines is 1. The zero-order chi connectivity index (χ0) is 20.0. The van der Waals surface area contributed by atoms with Crippen molar-refractivity contribution in [2.75, 3.05) is 25.6 Å². The van der Waals surface area contributed by atoms with E-state index in [9.17, 15) is 0 Å². The molecule has 1 aromatic carbocycles. The minimum atomic E-state index is -0.188. The van der Waals surface area contributed by atoms with Crippen LogP contribution in [0.5, 0.6) is 5.75 Å². The molecule has 27 heavy (non-hydrogen) atoms. The van der Waals surface area contributed by atoms with E-state index in [2.05, 4.69) is 61.5 Å². The zero-order valence-corrected chi connectivity index (χ0v) is 17.5. The fraction of sp³-hybridized carbons (Fsp3) is 0.375. The molecule has 0 saturated carbocycles. The number of ether oxygens (including phenoxy) is 1. The van der Waals surface area contributed by atoms with E-state index in [0.29, 0.717) is 0 Å². The van der Waals surface area contributed by atoms with Crippen molar-refractivity contribution >= 4 is 11.9 Å². The predicted molar refractivity (Wildman–Crippen MR) is 118 cm³/mol. The number of rotatable bonds is 7. The van der Waals surface area contributed by atoms with Crippen molar-refractivity contribution in [3.05, 3.63) is 71.5 Å². The van der Waals surface area contributed by atoms with Gasteiger partial charge in [0.15, 0.2) is 0 Å². The molecule has 144 valence electrons. The van der Waals surface area contributed by atoms with Crippen LogP contribution < -0.4 is 9.64 Å². The average molecular weight is 365 g/mol. The third-order valence-corrected chi connectivity index (χ3v) is 5.22. The van der Waals surface area contributed by atoms with Crippen molar-refractivity contribution in [1.82, 2.24) is 0 Å². The van der Waals surface area contributed by atoms with Crippen LogP contribution in [0.4, 0.5) is 5.69 Å². The molecule has 0 amide bonds. The van der Waals surface area contributed by atoms with Crippen molar-refractivity contribution in [3.8, 4) is 5.75 Å². The first-order chi connectivity index (χ1) is 13.0. The lowest BCUT2D eigenvalue weighted by Gasteiger charge is -2.32. The highest BCUT2D eigenvalue weighted by Crippen LogP contribution is 2.52. The molecule has 1 aliphatic rings. The van der Waals surface area contributed by atoms with Crippen LogP contribution >= 0.6 is 0 Å². The Labute approximate surface area is 164 Å². The second-order valence-corrected chi connectivity index (χ2v) is 7.03. The number of nitrogens with zero attached hydrogens (tertiary/aromatic N) is 2. The lowest BCUT2D eigenvalue weighted by atomic mass is 9.75. The summed E-state index contributed by atoms with van der Waals surface area (Å²) in [7, 11) is 3.54. The smallest absolute Gasteiger partial charge is 0.119 e. The maximum atomic E-state index is 5.53. The van der Waals surface area contributed by atoms with Gasteiger partial charge in [0.1, 0.15) is 5.75 Å². The van der Waals surface area contributed by atoms with Crippen LogP contribution in [0.3, 0.4) is 0 Å². The second kappa shape index (κ2) is 8.90. The Morgan fingerprint density at radius 2 is 2.11 bits per heavy atom. The van der Waals surface area contributed by atoms with E-state index in [1.54, 1.807) is 7.11 Å². The van der Waals surface area contributed by atoms with Crippen LogP contribution in [-0.2, 0) is 5.41 Å². The Hall–Kier alpha value is -2.55. The van der Waals surface area contributed by atoms with Gasteiger partial charge in [0, 0.05) is 36.6 Å². The van der Waals surface area contributed by atoms with Gasteiger partial charge in [0.05, 0.1) is 7.11 Å². The lowest BCUT2D eigenvalue weighted by Crippen LogP contribution is -2.30. The lowest BCUT2D eigenvalue weighted by molar-refractivity contribution is 0.413. The minimum Gasteiger partial charge on any atom is -0.497 e. The van der Waals surface area contributed by atoms with E-state index in [1.165, 1.54) is 28.1 Å². The van der Waals surface area contributed by atoms with Gasteiger partial charge in [-0.1, -0.05) is 30.9 Å². The third-order valence-electron chi connectivity index (χ3n) is 5.22. The largest absolute Gasteiger partial charge is 0.497 e. The summed E-state index contributed by atoms with van der Waals surface area (Å²) in [6.45, 7) is 13.6. The van der Waals surface area contributed by atoms with Gasteiger partial charge < -0.3 is 9.64 Å². The molecule has 1 aliphatic heterocycles. The van der Waals surface area contributed by atoms with Gasteiger partial charge >= 0.3 is 0 Å². The summed E-state index contributed by atoms with van der Waals surface area (Å²) in [5.74, 6) is 0.886. The molecule has 1 aromatic rings. The van der Waals surface area contributed by atoms with Crippen LogP contribution in [0.1, 0.15) is 39.7 Å². The van der Waals surface area contributed by atoms with Gasteiger partial charge in [-0.2, -0.15) is 0 Å². The zero-order valence-electron chi connectivity index (χ0n) is 17.5. The third kappa shape index (κ3) is 3.92. The number of likely N-dealkylation sites (N-methyl/N-ethyl adjacent to an activating group) is 1. The van der Waals surface area contributed by atoms with Crippen molar-refractivity contribution in [1.29, 1.82) is 0 Å². The standard InChI is InChI=1S/C24H32N2O/c1-8-11-12-19(9-2)16-24(5)21-15-20(27-7)13-14-22(21)26(10-3)23(24)18(4)17-25-6/h8-9,11-15,17H,2,10,16H2,1,3-7H3/b11-8-,19-12+,23-18-,25-17?. The molecular formula is C24H32N2O. The molecule has 0 saturated heterocycles. The minimum absolute atomic E-state index is 0.188. The fourth-order valence-corrected chi connectivity index (χ4v) is 4.10. The van der Waals surface area contributed by atoms with Gasteiger partial charge in [-0.25, -0.2) is 0 Å². The van der Waals surface area contributed by atoms with Crippen LogP contribution in [0, 0.1) is 0 Å². The molecule has 0 N–H and O–H groups in total. The van der Waals surface area contributed by atoms with E-state index in [-0.39, 0.29) is 5.41 Å². The summed E-state index contributed by atoms with van der Waals surface area (Å²) < 4.78 is 5.53. The van der Waals surface area contributed by atoms with E-state index in [1.807, 2.05) is 38.4 Å². The molecule has 0 aliphatic carbocycles. The Bertz CT molecular complexity index is 814. The summed E-state index contributed by atoms with van der Waals surface area (Å²) in [6, 6.07) is 6.39. The number of methoxy groups -OCH3 is 1. The topological polar surface area (TPSA) is 24.8 Å². The summed E-state index contributed by atoms with van der Waals surface area (Å²) in [5, 5.41) is 0. The molecule has 1 heterocycles. The molecule has 2 rings (SSSR count). The van der Waals surface area contributed by atoms with E-state index in [0.717, 1.165) is 18.7 Å². The first-order valence-electron chi connectivity index (χ1n) is 9.50. The molecule has 0 spiro atoms. The quantitative estimate of drug-likeness (QED) is 0.448. The monoisotopic (exact) mass is 364 g/mol. The number of aliphatic imine (C=N–C) groups is 1. The number of fused-ring (bicyclic) bond motifs is 1. The van der Waals surface area contributed by atoms with Crippen molar-refractivity contribution < 1.29 is 4.74 Å². The highest BCUT2D eigenvalue weighted by Gasteiger charge is 2.44. The molecule has 1 unspecified atom stereocenters. The first-order valence-corrected chi connectivity index (χ1v) is 9.50. The SMILES string of the molecule is C=C/C(=C\C=C/C)CC1(C)/C(=C(\C)C=NC)N(CC)c2ccc(OC)cc21. The van der Waals surface area contributed by atoms with Gasteiger partial charge in [0.2, 0.25) is 0 Å². The molecule has 0 fully saturated rings. The maximum absolute atomic E-state index is 5.53. The number of benzene rings is 1. The Balaban J connectivity index is 2.75. The molecule has 3 heteroatoms. The van der Waals surface area contributed by atoms with Crippen molar-refractivity contribution in [2.45, 2.75) is 39.5 Å². The Morgan fingerprint density at radius 3 is 2.67 bits per heavy atom. The highest BCUT2D eigenvalue weighted by atomic mass is 16.5. The highest BCUT2D eigenvalue weighted by molar-refractivity contribution is 5.84. The number of allylic oxidation sites excluding steroid dienone is 7. The normalized spacial score (nSPS) is 21.9. The van der Waals surface area contributed by atoms with Crippen LogP contribution in [0.2, 0.25) is 0 Å². The summed E-state index contributed by atoms with van der Waals surface area (Å²) in [6.07, 6.45) is 11.0. The number of hydrogen-bond donors (Lipinski definition) is 0. The molecule has 0 radical (unpaired) electrons. The summed E-state index contributed by atoms with van der Waals surface area (Å²) in [4.78, 5) is 6.68. The second-order valence-electron chi connectivity index (χ2n) is 7.03. The Kier molecular flexibility index (Phi) is 6.84. The van der Waals surface area contributed by atoms with Crippen LogP contribution in [-0.4, -0.2) is 26.9 Å². The van der Waals surface area contributed by atoms with Crippen molar-refractivity contribution in [3.63, 3.8) is 0 Å². The van der Waals surface area contributed by atoms with Gasteiger partial charge in [-0.3, -0.25) is 4.99 Å². The van der Waals surface area contributed by atoms with E-state index >= 15 is 0 Å². The first kappa shape index (κ1) is 20.8. The molecule has 0 bridgehead atoms. The Morgan fingerprint density at radius 1 is 1.37 bits per heavy atom. The van der Waals surface area contributed by atoms with E-state index in [4.69, 9.17) is 4.74 Å². The van der Waals surface area contributed by atoms with Crippen LogP contribution in [0.25, 0.3) is 0 Å². The molecular weight excluding hydrogens is 332 g/mol. The number of hydrogen-bond acceptors (Lipinski definition) is 3. The van der Waals surface area contributed by atoms with Crippen LogP contribution in [0.15, 0.2) is 70.9 Å². The van der Waals surface area contributed by atoms with E-state index < -0.39 is 0 Å². The predicted octanol–water partition coefficient (Wildman–Crippen LogP) is 5.85. The fourth-order valence-electron chi connectivity index (χ4n) is 4.10. The maximum Gasteiger partial charge on any atom is 0.119 e. The molecule has 1 atom stereocenters.